The van der Waals surface area contributed by atoms with E-state index in [0.717, 1.165) is 6.07 Å². The summed E-state index contributed by atoms with van der Waals surface area (Å²) in [5.74, 6) is -2.88. The summed E-state index contributed by atoms with van der Waals surface area (Å²) < 4.78 is 26.6. The van der Waals surface area contributed by atoms with Crippen LogP contribution in [0.5, 0.6) is 0 Å². The molecule has 0 saturated carbocycles. The van der Waals surface area contributed by atoms with Crippen LogP contribution in [0.2, 0.25) is 0 Å². The van der Waals surface area contributed by atoms with Crippen LogP contribution in [-0.2, 0) is 24.4 Å². The van der Waals surface area contributed by atoms with Gasteiger partial charge < -0.3 is 20.3 Å². The van der Waals surface area contributed by atoms with Crippen LogP contribution in [0.25, 0.3) is 0 Å². The van der Waals surface area contributed by atoms with Gasteiger partial charge in [-0.05, 0) is 31.0 Å². The number of aldehydes is 1. The average molecular weight is 414 g/mol. The van der Waals surface area contributed by atoms with Crippen molar-refractivity contribution in [3.63, 3.8) is 0 Å². The summed E-state index contributed by atoms with van der Waals surface area (Å²) in [6, 6.07) is 3.92. The maximum atomic E-state index is 12.1. The van der Waals surface area contributed by atoms with Gasteiger partial charge in [0, 0.05) is 13.0 Å². The van der Waals surface area contributed by atoms with Crippen LogP contribution in [0.15, 0.2) is 29.2 Å². The summed E-state index contributed by atoms with van der Waals surface area (Å²) in [5.41, 5.74) is -0.134. The predicted molar refractivity (Wildman–Crippen MR) is 97.3 cm³/mol. The molecule has 0 heterocycles. The summed E-state index contributed by atoms with van der Waals surface area (Å²) in [6.45, 7) is 0.108. The number of benzene rings is 1. The maximum absolute atomic E-state index is 12.1. The van der Waals surface area contributed by atoms with Crippen LogP contribution in [0, 0.1) is 0 Å². The van der Waals surface area contributed by atoms with Gasteiger partial charge >= 0.3 is 11.9 Å². The molecule has 0 aliphatic heterocycles. The van der Waals surface area contributed by atoms with Gasteiger partial charge in [0.1, 0.15) is 6.29 Å². The van der Waals surface area contributed by atoms with Crippen molar-refractivity contribution in [3.8, 4) is 0 Å². The number of sulfonamides is 1. The number of hydrogen-bond donors (Lipinski definition) is 4. The van der Waals surface area contributed by atoms with Gasteiger partial charge in [-0.15, -0.1) is 0 Å². The fourth-order valence-electron chi connectivity index (χ4n) is 2.27. The van der Waals surface area contributed by atoms with Crippen LogP contribution in [-0.4, -0.2) is 55.3 Å². The molecular weight excluding hydrogens is 392 g/mol. The fourth-order valence-corrected chi connectivity index (χ4v) is 3.39. The van der Waals surface area contributed by atoms with Crippen molar-refractivity contribution >= 4 is 34.2 Å². The lowest BCUT2D eigenvalue weighted by Crippen LogP contribution is -2.37. The molecule has 10 nitrogen and oxygen atoms in total. The minimum Gasteiger partial charge on any atom is -0.481 e. The third-order valence-electron chi connectivity index (χ3n) is 3.67. The number of aromatic carboxylic acids is 1. The molecule has 154 valence electrons. The molecule has 0 aliphatic carbocycles. The number of carboxylic acids is 2. The first-order valence-corrected chi connectivity index (χ1v) is 9.93. The van der Waals surface area contributed by atoms with Crippen LogP contribution < -0.4 is 10.0 Å². The molecule has 0 aromatic heterocycles. The molecule has 1 rings (SSSR count). The van der Waals surface area contributed by atoms with E-state index >= 15 is 0 Å². The smallest absolute Gasteiger partial charge is 0.335 e. The molecule has 1 amide bonds. The molecule has 0 bridgehead atoms. The van der Waals surface area contributed by atoms with E-state index in [1.54, 1.807) is 0 Å². The highest BCUT2D eigenvalue weighted by atomic mass is 32.2. The van der Waals surface area contributed by atoms with Gasteiger partial charge in [0.15, 0.2) is 0 Å². The molecule has 0 aliphatic rings. The number of nitrogens with one attached hydrogen (secondary N) is 2. The second kappa shape index (κ2) is 11.1. The van der Waals surface area contributed by atoms with Crippen molar-refractivity contribution in [2.75, 3.05) is 6.54 Å². The molecule has 28 heavy (non-hydrogen) atoms. The van der Waals surface area contributed by atoms with Crippen molar-refractivity contribution in [1.82, 2.24) is 10.0 Å². The Morgan fingerprint density at radius 2 is 1.82 bits per heavy atom. The zero-order valence-corrected chi connectivity index (χ0v) is 15.8. The Balaban J connectivity index is 2.34. The van der Waals surface area contributed by atoms with Gasteiger partial charge in [-0.1, -0.05) is 12.5 Å². The van der Waals surface area contributed by atoms with Crippen LogP contribution in [0.4, 0.5) is 0 Å². The third-order valence-corrected chi connectivity index (χ3v) is 5.13. The van der Waals surface area contributed by atoms with Crippen molar-refractivity contribution in [2.24, 2.45) is 0 Å². The number of hydrogen-bond acceptors (Lipinski definition) is 6. The third kappa shape index (κ3) is 8.27. The van der Waals surface area contributed by atoms with Gasteiger partial charge in [0.25, 0.3) is 0 Å². The molecule has 1 aromatic rings. The molecule has 1 aromatic carbocycles. The highest BCUT2D eigenvalue weighted by Crippen LogP contribution is 2.12. The molecule has 1 unspecified atom stereocenters. The van der Waals surface area contributed by atoms with E-state index in [-0.39, 0.29) is 23.4 Å². The lowest BCUT2D eigenvalue weighted by molar-refractivity contribution is -0.138. The van der Waals surface area contributed by atoms with Crippen LogP contribution in [0.1, 0.15) is 42.5 Å². The van der Waals surface area contributed by atoms with Crippen LogP contribution in [0.3, 0.4) is 0 Å². The van der Waals surface area contributed by atoms with E-state index in [2.05, 4.69) is 10.0 Å². The Morgan fingerprint density at radius 3 is 2.43 bits per heavy atom. The van der Waals surface area contributed by atoms with Gasteiger partial charge in [-0.25, -0.2) is 17.9 Å². The van der Waals surface area contributed by atoms with Gasteiger partial charge in [-0.2, -0.15) is 0 Å². The first kappa shape index (κ1) is 23.2. The monoisotopic (exact) mass is 414 g/mol. The molecule has 11 heteroatoms. The minimum absolute atomic E-state index is 0.0807. The average Bonchev–Trinajstić information content (AvgIpc) is 2.63. The first-order valence-electron chi connectivity index (χ1n) is 8.45. The number of aliphatic carboxylic acids is 1. The summed E-state index contributed by atoms with van der Waals surface area (Å²) in [6.07, 6.45) is 1.35. The van der Waals surface area contributed by atoms with E-state index in [1.807, 2.05) is 0 Å². The van der Waals surface area contributed by atoms with Gasteiger partial charge in [0.05, 0.1) is 22.9 Å². The van der Waals surface area contributed by atoms with E-state index < -0.39 is 40.3 Å². The molecule has 0 fully saturated rings. The summed E-state index contributed by atoms with van der Waals surface area (Å²) in [7, 11) is -3.84. The molecule has 0 saturated heterocycles. The van der Waals surface area contributed by atoms with E-state index in [1.165, 1.54) is 18.2 Å². The lowest BCUT2D eigenvalue weighted by Gasteiger charge is -2.10. The quantitative estimate of drug-likeness (QED) is 0.265. The number of amides is 1. The highest BCUT2D eigenvalue weighted by molar-refractivity contribution is 7.89. The molecule has 0 radical (unpaired) electrons. The topological polar surface area (TPSA) is 167 Å². The summed E-state index contributed by atoms with van der Waals surface area (Å²) >= 11 is 0. The summed E-state index contributed by atoms with van der Waals surface area (Å²) in [5, 5.41) is 19.8. The van der Waals surface area contributed by atoms with E-state index in [0.29, 0.717) is 25.5 Å². The molecule has 4 N–H and O–H groups in total. The highest BCUT2D eigenvalue weighted by Gasteiger charge is 2.16. The largest absolute Gasteiger partial charge is 0.481 e. The zero-order chi connectivity index (χ0) is 21.2. The number of carbonyl (C=O) groups excluding carboxylic acids is 2. The van der Waals surface area contributed by atoms with Crippen molar-refractivity contribution in [1.29, 1.82) is 0 Å². The van der Waals surface area contributed by atoms with E-state index in [4.69, 9.17) is 10.2 Å². The van der Waals surface area contributed by atoms with Crippen molar-refractivity contribution < 1.29 is 37.8 Å². The Labute approximate surface area is 162 Å². The lowest BCUT2D eigenvalue weighted by atomic mass is 10.1. The fraction of sp³-hybridized carbons (Fsp3) is 0.412. The Morgan fingerprint density at radius 1 is 1.11 bits per heavy atom. The summed E-state index contributed by atoms with van der Waals surface area (Å²) in [4.78, 5) is 43.6. The Hall–Kier alpha value is -2.79. The predicted octanol–water partition coefficient (Wildman–Crippen LogP) is 0.382. The molecule has 0 spiro atoms. The standard InChI is InChI=1S/C17H22N2O8S/c20-11-13(10-16(22)23)19-15(21)7-2-1-3-8-18-28(26,27)14-6-4-5-12(9-14)17(24)25/h4-6,9,11,13,18H,1-3,7-8,10H2,(H,19,21)(H,22,23)(H,24,25). The number of carbonyl (C=O) groups is 4. The van der Waals surface area contributed by atoms with Crippen molar-refractivity contribution in [2.45, 2.75) is 43.0 Å². The first-order chi connectivity index (χ1) is 13.2. The Kier molecular flexibility index (Phi) is 9.25. The number of carboxylic acid groups (broad SMARTS) is 2. The molecular formula is C17H22N2O8S. The number of rotatable bonds is 13. The second-order valence-electron chi connectivity index (χ2n) is 5.95. The van der Waals surface area contributed by atoms with Crippen molar-refractivity contribution in [3.05, 3.63) is 29.8 Å². The van der Waals surface area contributed by atoms with Gasteiger partial charge in [0.2, 0.25) is 15.9 Å². The minimum atomic E-state index is -3.84. The Bertz CT molecular complexity index is 822. The van der Waals surface area contributed by atoms with Gasteiger partial charge in [-0.3, -0.25) is 9.59 Å². The number of unbranched alkanes of at least 4 members (excludes halogenated alkanes) is 2. The SMILES string of the molecule is O=CC(CC(=O)O)NC(=O)CCCCCNS(=O)(=O)c1cccc(C(=O)O)c1. The zero-order valence-electron chi connectivity index (χ0n) is 15.0. The molecule has 1 atom stereocenters. The second-order valence-corrected chi connectivity index (χ2v) is 7.72. The van der Waals surface area contributed by atoms with Crippen LogP contribution >= 0.6 is 0 Å². The maximum Gasteiger partial charge on any atom is 0.335 e. The van der Waals surface area contributed by atoms with E-state index in [9.17, 15) is 27.6 Å². The normalized spacial score (nSPS) is 12.1.